The van der Waals surface area contributed by atoms with E-state index in [1.54, 1.807) is 6.33 Å². The van der Waals surface area contributed by atoms with E-state index >= 15 is 0 Å². The Morgan fingerprint density at radius 1 is 1.23 bits per heavy atom. The number of nitrogens with one attached hydrogen (secondary N) is 1. The van der Waals surface area contributed by atoms with E-state index < -0.39 is 0 Å². The summed E-state index contributed by atoms with van der Waals surface area (Å²) in [5.41, 5.74) is 1.07. The smallest absolute Gasteiger partial charge is 0.223 e. The zero-order chi connectivity index (χ0) is 18.4. The van der Waals surface area contributed by atoms with Gasteiger partial charge in [0.25, 0.3) is 0 Å². The molecule has 0 spiro atoms. The summed E-state index contributed by atoms with van der Waals surface area (Å²) in [6.07, 6.45) is 5.24. The first-order chi connectivity index (χ1) is 12.6. The quantitative estimate of drug-likeness (QED) is 0.775. The molecular formula is C18H30N6O2. The third-order valence-electron chi connectivity index (χ3n) is 5.05. The molecule has 0 bridgehead atoms. The molecule has 8 heteroatoms. The summed E-state index contributed by atoms with van der Waals surface area (Å²) >= 11 is 0. The summed E-state index contributed by atoms with van der Waals surface area (Å²) in [5, 5.41) is 3.06. The van der Waals surface area contributed by atoms with Crippen LogP contribution in [-0.4, -0.2) is 87.4 Å². The lowest BCUT2D eigenvalue weighted by molar-refractivity contribution is -0.125. The third kappa shape index (κ3) is 4.82. The second-order valence-electron chi connectivity index (χ2n) is 7.19. The zero-order valence-electron chi connectivity index (χ0n) is 15.9. The van der Waals surface area contributed by atoms with Crippen molar-refractivity contribution in [2.45, 2.75) is 12.8 Å². The van der Waals surface area contributed by atoms with Crippen molar-refractivity contribution in [3.05, 3.63) is 12.5 Å². The van der Waals surface area contributed by atoms with Crippen molar-refractivity contribution >= 4 is 17.4 Å². The molecule has 144 valence electrons. The Morgan fingerprint density at radius 3 is 2.65 bits per heavy atom. The van der Waals surface area contributed by atoms with Crippen molar-refractivity contribution in [2.24, 2.45) is 5.92 Å². The van der Waals surface area contributed by atoms with Crippen LogP contribution >= 0.6 is 0 Å². The van der Waals surface area contributed by atoms with Gasteiger partial charge in [-0.15, -0.1) is 0 Å². The normalized spacial score (nSPS) is 19.0. The molecule has 0 aromatic carbocycles. The molecule has 1 N–H and O–H groups in total. The first-order valence-corrected chi connectivity index (χ1v) is 9.45. The maximum atomic E-state index is 12.3. The Bertz CT molecular complexity index is 583. The number of nitrogens with zero attached hydrogens (tertiary/aromatic N) is 5. The number of piperidine rings is 1. The monoisotopic (exact) mass is 362 g/mol. The first-order valence-electron chi connectivity index (χ1n) is 9.45. The van der Waals surface area contributed by atoms with Crippen LogP contribution in [-0.2, 0) is 9.53 Å². The van der Waals surface area contributed by atoms with Gasteiger partial charge in [0.05, 0.1) is 25.1 Å². The third-order valence-corrected chi connectivity index (χ3v) is 5.05. The Hall–Kier alpha value is -1.93. The predicted octanol–water partition coefficient (Wildman–Crippen LogP) is 0.207. The van der Waals surface area contributed by atoms with Gasteiger partial charge in [-0.3, -0.25) is 4.79 Å². The van der Waals surface area contributed by atoms with Crippen molar-refractivity contribution in [1.82, 2.24) is 20.2 Å². The van der Waals surface area contributed by atoms with Gasteiger partial charge in [0, 0.05) is 45.2 Å². The molecule has 0 unspecified atom stereocenters. The summed E-state index contributed by atoms with van der Waals surface area (Å²) in [6.45, 7) is 6.47. The Labute approximate surface area is 155 Å². The molecule has 3 heterocycles. The average Bonchev–Trinajstić information content (AvgIpc) is 2.68. The fourth-order valence-electron chi connectivity index (χ4n) is 3.49. The van der Waals surface area contributed by atoms with Gasteiger partial charge in [0.2, 0.25) is 5.91 Å². The molecule has 1 aromatic heterocycles. The van der Waals surface area contributed by atoms with Crippen molar-refractivity contribution in [1.29, 1.82) is 0 Å². The number of ether oxygens (including phenoxy) is 1. The van der Waals surface area contributed by atoms with Gasteiger partial charge < -0.3 is 24.8 Å². The molecule has 26 heavy (non-hydrogen) atoms. The second kappa shape index (κ2) is 9.14. The predicted molar refractivity (Wildman–Crippen MR) is 102 cm³/mol. The largest absolute Gasteiger partial charge is 0.378 e. The Balaban J connectivity index is 1.56. The SMILES string of the molecule is CN(C)CCNC(=O)C1CCN(c2cncnc2N2CCOCC2)CC1. The molecule has 8 nitrogen and oxygen atoms in total. The van der Waals surface area contributed by atoms with Crippen molar-refractivity contribution in [3.63, 3.8) is 0 Å². The number of likely N-dealkylation sites (N-methyl/N-ethyl adjacent to an activating group) is 1. The Morgan fingerprint density at radius 2 is 1.96 bits per heavy atom. The Kier molecular flexibility index (Phi) is 6.62. The van der Waals surface area contributed by atoms with Crippen LogP contribution in [0.25, 0.3) is 0 Å². The number of morpholine rings is 1. The molecule has 3 rings (SSSR count). The lowest BCUT2D eigenvalue weighted by atomic mass is 9.95. The van der Waals surface area contributed by atoms with Gasteiger partial charge in [-0.2, -0.15) is 0 Å². The molecule has 0 atom stereocenters. The zero-order valence-corrected chi connectivity index (χ0v) is 15.9. The summed E-state index contributed by atoms with van der Waals surface area (Å²) < 4.78 is 5.45. The van der Waals surface area contributed by atoms with Crippen LogP contribution in [0.1, 0.15) is 12.8 Å². The van der Waals surface area contributed by atoms with Gasteiger partial charge in [0.15, 0.2) is 5.82 Å². The van der Waals surface area contributed by atoms with Crippen LogP contribution in [0.5, 0.6) is 0 Å². The number of amides is 1. The molecule has 0 radical (unpaired) electrons. The summed E-state index contributed by atoms with van der Waals surface area (Å²) in [5.74, 6) is 1.27. The fourth-order valence-corrected chi connectivity index (χ4v) is 3.49. The number of hydrogen-bond acceptors (Lipinski definition) is 7. The molecule has 2 saturated heterocycles. The van der Waals surface area contributed by atoms with Gasteiger partial charge in [-0.25, -0.2) is 9.97 Å². The number of hydrogen-bond donors (Lipinski definition) is 1. The molecule has 1 amide bonds. The van der Waals surface area contributed by atoms with Crippen molar-refractivity contribution in [3.8, 4) is 0 Å². The molecule has 2 aliphatic rings. The molecule has 2 fully saturated rings. The average molecular weight is 362 g/mol. The van der Waals surface area contributed by atoms with E-state index in [9.17, 15) is 4.79 Å². The highest BCUT2D eigenvalue weighted by molar-refractivity contribution is 5.79. The number of anilines is 2. The van der Waals surface area contributed by atoms with E-state index in [2.05, 4.69) is 30.0 Å². The molecular weight excluding hydrogens is 332 g/mol. The number of carbonyl (C=O) groups excluding carboxylic acids is 1. The maximum Gasteiger partial charge on any atom is 0.223 e. The molecule has 0 aliphatic carbocycles. The van der Waals surface area contributed by atoms with E-state index in [1.165, 1.54) is 0 Å². The van der Waals surface area contributed by atoms with E-state index in [-0.39, 0.29) is 11.8 Å². The van der Waals surface area contributed by atoms with Crippen molar-refractivity contribution in [2.75, 3.05) is 76.4 Å². The van der Waals surface area contributed by atoms with Gasteiger partial charge >= 0.3 is 0 Å². The standard InChI is InChI=1S/C18H30N6O2/c1-22(2)8-5-20-18(25)15-3-6-23(7-4-15)16-13-19-14-21-17(16)24-9-11-26-12-10-24/h13-15H,3-12H2,1-2H3,(H,20,25). The highest BCUT2D eigenvalue weighted by Gasteiger charge is 2.27. The van der Waals surface area contributed by atoms with Gasteiger partial charge in [0.1, 0.15) is 6.33 Å². The van der Waals surface area contributed by atoms with Crippen LogP contribution < -0.4 is 15.1 Å². The highest BCUT2D eigenvalue weighted by Crippen LogP contribution is 2.30. The minimum absolute atomic E-state index is 0.102. The van der Waals surface area contributed by atoms with Crippen LogP contribution in [0, 0.1) is 5.92 Å². The summed E-state index contributed by atoms with van der Waals surface area (Å²) in [7, 11) is 4.03. The minimum atomic E-state index is 0.102. The second-order valence-corrected chi connectivity index (χ2v) is 7.19. The number of carbonyl (C=O) groups is 1. The lowest BCUT2D eigenvalue weighted by Crippen LogP contribution is -2.43. The van der Waals surface area contributed by atoms with Crippen LogP contribution in [0.15, 0.2) is 12.5 Å². The molecule has 2 aliphatic heterocycles. The summed E-state index contributed by atoms with van der Waals surface area (Å²) in [6, 6.07) is 0. The van der Waals surface area contributed by atoms with Gasteiger partial charge in [-0.1, -0.05) is 0 Å². The van der Waals surface area contributed by atoms with Crippen LogP contribution in [0.4, 0.5) is 11.5 Å². The first kappa shape index (κ1) is 18.8. The van der Waals surface area contributed by atoms with E-state index in [0.29, 0.717) is 6.54 Å². The van der Waals surface area contributed by atoms with Crippen molar-refractivity contribution < 1.29 is 9.53 Å². The maximum absolute atomic E-state index is 12.3. The fraction of sp³-hybridized carbons (Fsp3) is 0.722. The van der Waals surface area contributed by atoms with E-state index in [0.717, 1.165) is 70.3 Å². The molecule has 1 aromatic rings. The number of rotatable bonds is 6. The summed E-state index contributed by atoms with van der Waals surface area (Å²) in [4.78, 5) is 27.7. The van der Waals surface area contributed by atoms with Crippen LogP contribution in [0.2, 0.25) is 0 Å². The molecule has 0 saturated carbocycles. The highest BCUT2D eigenvalue weighted by atomic mass is 16.5. The van der Waals surface area contributed by atoms with Crippen LogP contribution in [0.3, 0.4) is 0 Å². The number of aromatic nitrogens is 2. The van der Waals surface area contributed by atoms with E-state index in [4.69, 9.17) is 4.74 Å². The van der Waals surface area contributed by atoms with E-state index in [1.807, 2.05) is 20.3 Å². The lowest BCUT2D eigenvalue weighted by Gasteiger charge is -2.36. The minimum Gasteiger partial charge on any atom is -0.378 e. The topological polar surface area (TPSA) is 73.8 Å². The van der Waals surface area contributed by atoms with Gasteiger partial charge in [-0.05, 0) is 26.9 Å².